The molecule has 0 aliphatic carbocycles. The zero-order chi connectivity index (χ0) is 21.8. The van der Waals surface area contributed by atoms with E-state index in [4.69, 9.17) is 14.3 Å². The number of oxime groups is 1. The summed E-state index contributed by atoms with van der Waals surface area (Å²) in [5.41, 5.74) is 2.31. The van der Waals surface area contributed by atoms with Gasteiger partial charge in [0.05, 0.1) is 12.0 Å². The van der Waals surface area contributed by atoms with Crippen LogP contribution in [0.25, 0.3) is 10.4 Å². The lowest BCUT2D eigenvalue weighted by atomic mass is 10.1. The van der Waals surface area contributed by atoms with Gasteiger partial charge in [0.2, 0.25) is 0 Å². The van der Waals surface area contributed by atoms with Gasteiger partial charge in [-0.25, -0.2) is 0 Å². The summed E-state index contributed by atoms with van der Waals surface area (Å²) in [5.74, 6) is 1.45. The van der Waals surface area contributed by atoms with Gasteiger partial charge in [0, 0.05) is 29.3 Å². The zero-order valence-electron chi connectivity index (χ0n) is 17.7. The van der Waals surface area contributed by atoms with Crippen molar-refractivity contribution in [1.82, 2.24) is 4.90 Å². The average Bonchev–Trinajstić information content (AvgIpc) is 3.43. The Morgan fingerprint density at radius 1 is 1.13 bits per heavy atom. The molecule has 3 aromatic rings. The average molecular weight is 457 g/mol. The summed E-state index contributed by atoms with van der Waals surface area (Å²) >= 11 is 3.24. The van der Waals surface area contributed by atoms with Crippen molar-refractivity contribution in [2.24, 2.45) is 5.16 Å². The van der Waals surface area contributed by atoms with E-state index in [-0.39, 0.29) is 5.97 Å². The smallest absolute Gasteiger partial charge is 0.311 e. The maximum Gasteiger partial charge on any atom is 0.311 e. The van der Waals surface area contributed by atoms with Crippen LogP contribution in [-0.2, 0) is 22.6 Å². The van der Waals surface area contributed by atoms with Crippen molar-refractivity contribution < 1.29 is 19.1 Å². The van der Waals surface area contributed by atoms with Crippen LogP contribution in [0.1, 0.15) is 28.7 Å². The minimum Gasteiger partial charge on any atom is -0.497 e. The molecule has 0 spiro atoms. The van der Waals surface area contributed by atoms with Crippen molar-refractivity contribution in [2.75, 3.05) is 20.8 Å². The summed E-state index contributed by atoms with van der Waals surface area (Å²) in [4.78, 5) is 22.5. The number of fused-ring (bicyclic) bond motifs is 1. The number of methoxy groups -OCH3 is 1. The highest BCUT2D eigenvalue weighted by atomic mass is 32.1. The Labute approximate surface area is 189 Å². The second-order valence-corrected chi connectivity index (χ2v) is 9.19. The first-order chi connectivity index (χ1) is 15.1. The largest absolute Gasteiger partial charge is 0.497 e. The maximum absolute atomic E-state index is 11.6. The molecule has 0 radical (unpaired) electrons. The molecule has 0 saturated carbocycles. The number of benzene rings is 1. The number of esters is 1. The van der Waals surface area contributed by atoms with Crippen LogP contribution in [0.15, 0.2) is 47.6 Å². The van der Waals surface area contributed by atoms with Crippen LogP contribution in [-0.4, -0.2) is 37.5 Å². The number of ether oxygens (including phenoxy) is 2. The van der Waals surface area contributed by atoms with E-state index in [9.17, 15) is 4.79 Å². The van der Waals surface area contributed by atoms with Gasteiger partial charge in [-0.2, -0.15) is 0 Å². The number of hydrogen-bond acceptors (Lipinski definition) is 7. The molecule has 0 saturated heterocycles. The third-order valence-electron chi connectivity index (χ3n) is 5.03. The van der Waals surface area contributed by atoms with Gasteiger partial charge in [-0.1, -0.05) is 12.1 Å². The summed E-state index contributed by atoms with van der Waals surface area (Å²) in [6, 6.07) is 14.2. The Morgan fingerprint density at radius 2 is 1.94 bits per heavy atom. The van der Waals surface area contributed by atoms with E-state index >= 15 is 0 Å². The van der Waals surface area contributed by atoms with E-state index in [1.54, 1.807) is 43.8 Å². The fourth-order valence-electron chi connectivity index (χ4n) is 3.43. The number of amidine groups is 1. The van der Waals surface area contributed by atoms with E-state index in [2.05, 4.69) is 34.3 Å². The third-order valence-corrected chi connectivity index (χ3v) is 7.27. The van der Waals surface area contributed by atoms with Crippen LogP contribution >= 0.6 is 22.7 Å². The summed E-state index contributed by atoms with van der Waals surface area (Å²) in [7, 11) is 3.24. The first kappa shape index (κ1) is 21.4. The van der Waals surface area contributed by atoms with Crippen molar-refractivity contribution in [1.29, 1.82) is 0 Å². The van der Waals surface area contributed by atoms with Gasteiger partial charge in [-0.05, 0) is 60.0 Å². The standard InChI is InChI=1S/C23H24N2O4S2/c1-4-21(26)29-22-13-16-14-25(12-11-19(16)31-22)23(24-28-3)20-10-9-18(30-20)15-5-7-17(27-2)8-6-15/h5-10,13H,4,11-12,14H2,1-3H3/b24-23-. The first-order valence-electron chi connectivity index (χ1n) is 10.0. The fourth-order valence-corrected chi connectivity index (χ4v) is 5.48. The Hall–Kier alpha value is -2.84. The second-order valence-electron chi connectivity index (χ2n) is 7.00. The zero-order valence-corrected chi connectivity index (χ0v) is 19.3. The van der Waals surface area contributed by atoms with Crippen LogP contribution in [0.2, 0.25) is 0 Å². The SMILES string of the molecule is CCC(=O)Oc1cc2c(s1)CCN(/C(=N\OC)c1ccc(-c3ccc(OC)cc3)s1)C2. The topological polar surface area (TPSA) is 60.4 Å². The van der Waals surface area contributed by atoms with E-state index in [0.717, 1.165) is 39.9 Å². The third kappa shape index (κ3) is 4.75. The van der Waals surface area contributed by atoms with Crippen LogP contribution in [0.4, 0.5) is 0 Å². The number of hydrogen-bond donors (Lipinski definition) is 0. The number of carbonyl (C=O) groups is 1. The highest BCUT2D eigenvalue weighted by Gasteiger charge is 2.25. The molecule has 0 bridgehead atoms. The summed E-state index contributed by atoms with van der Waals surface area (Å²) < 4.78 is 10.7. The monoisotopic (exact) mass is 456 g/mol. The second kappa shape index (κ2) is 9.53. The predicted molar refractivity (Wildman–Crippen MR) is 124 cm³/mol. The van der Waals surface area contributed by atoms with Crippen LogP contribution in [0, 0.1) is 0 Å². The molecule has 3 heterocycles. The van der Waals surface area contributed by atoms with Crippen molar-refractivity contribution in [3.05, 3.63) is 57.8 Å². The van der Waals surface area contributed by atoms with Crippen LogP contribution in [0.3, 0.4) is 0 Å². The molecule has 0 N–H and O–H groups in total. The van der Waals surface area contributed by atoms with Crippen molar-refractivity contribution in [2.45, 2.75) is 26.3 Å². The molecule has 1 aliphatic heterocycles. The van der Waals surface area contributed by atoms with Crippen LogP contribution in [0.5, 0.6) is 10.8 Å². The Balaban J connectivity index is 1.54. The minimum atomic E-state index is -0.207. The molecule has 6 nitrogen and oxygen atoms in total. The Bertz CT molecular complexity index is 1090. The molecule has 8 heteroatoms. The molecule has 31 heavy (non-hydrogen) atoms. The summed E-state index contributed by atoms with van der Waals surface area (Å²) in [6.45, 7) is 3.33. The number of carbonyl (C=O) groups excluding carboxylic acids is 1. The van der Waals surface area contributed by atoms with Gasteiger partial charge in [0.25, 0.3) is 0 Å². The lowest BCUT2D eigenvalue weighted by molar-refractivity contribution is -0.133. The summed E-state index contributed by atoms with van der Waals surface area (Å²) in [5, 5.41) is 5.01. The van der Waals surface area contributed by atoms with Gasteiger partial charge < -0.3 is 19.2 Å². The minimum absolute atomic E-state index is 0.207. The highest BCUT2D eigenvalue weighted by Crippen LogP contribution is 2.35. The molecular weight excluding hydrogens is 432 g/mol. The molecule has 162 valence electrons. The van der Waals surface area contributed by atoms with Gasteiger partial charge in [-0.3, -0.25) is 4.79 Å². The van der Waals surface area contributed by atoms with Gasteiger partial charge in [-0.15, -0.1) is 22.7 Å². The number of nitrogens with zero attached hydrogens (tertiary/aromatic N) is 2. The molecule has 1 aliphatic rings. The normalized spacial score (nSPS) is 13.6. The summed E-state index contributed by atoms with van der Waals surface area (Å²) in [6.07, 6.45) is 1.25. The lowest BCUT2D eigenvalue weighted by Gasteiger charge is -2.28. The molecule has 4 rings (SSSR count). The highest BCUT2D eigenvalue weighted by molar-refractivity contribution is 7.17. The fraction of sp³-hybridized carbons (Fsp3) is 0.304. The number of thiophene rings is 2. The van der Waals surface area contributed by atoms with E-state index in [1.165, 1.54) is 10.4 Å². The Kier molecular flexibility index (Phi) is 6.58. The van der Waals surface area contributed by atoms with Crippen LogP contribution < -0.4 is 9.47 Å². The molecule has 0 unspecified atom stereocenters. The first-order valence-corrected chi connectivity index (χ1v) is 11.7. The predicted octanol–water partition coefficient (Wildman–Crippen LogP) is 5.17. The van der Waals surface area contributed by atoms with Crippen molar-refractivity contribution >= 4 is 34.5 Å². The quantitative estimate of drug-likeness (QED) is 0.222. The molecule has 0 fully saturated rings. The number of rotatable bonds is 6. The van der Waals surface area contributed by atoms with E-state index < -0.39 is 0 Å². The van der Waals surface area contributed by atoms with E-state index in [0.29, 0.717) is 18.0 Å². The molecule has 1 aromatic carbocycles. The van der Waals surface area contributed by atoms with E-state index in [1.807, 2.05) is 18.2 Å². The van der Waals surface area contributed by atoms with Gasteiger partial charge in [0.1, 0.15) is 12.9 Å². The molecule has 2 aromatic heterocycles. The maximum atomic E-state index is 11.6. The van der Waals surface area contributed by atoms with Crippen molar-refractivity contribution in [3.8, 4) is 21.3 Å². The lowest BCUT2D eigenvalue weighted by Crippen LogP contribution is -2.35. The van der Waals surface area contributed by atoms with Gasteiger partial charge in [0.15, 0.2) is 10.9 Å². The Morgan fingerprint density at radius 3 is 2.65 bits per heavy atom. The molecule has 0 atom stereocenters. The molecular formula is C23H24N2O4S2. The molecule has 0 amide bonds. The van der Waals surface area contributed by atoms with Gasteiger partial charge >= 0.3 is 5.97 Å². The van der Waals surface area contributed by atoms with Crippen molar-refractivity contribution in [3.63, 3.8) is 0 Å².